The van der Waals surface area contributed by atoms with E-state index in [1.165, 1.54) is 15.9 Å². The Morgan fingerprint density at radius 3 is 2.79 bits per heavy atom. The van der Waals surface area contributed by atoms with Crippen LogP contribution in [-0.4, -0.2) is 26.9 Å². The Kier molecular flexibility index (Phi) is 2.96. The van der Waals surface area contributed by atoms with Crippen molar-refractivity contribution in [3.63, 3.8) is 0 Å². The molecule has 7 heteroatoms. The molecule has 0 aliphatic heterocycles. The van der Waals surface area contributed by atoms with E-state index in [4.69, 9.17) is 0 Å². The van der Waals surface area contributed by atoms with Gasteiger partial charge in [-0.15, -0.1) is 15.3 Å². The number of hydrogen-bond donors (Lipinski definition) is 1. The highest BCUT2D eigenvalue weighted by atomic mass is 32.1. The van der Waals surface area contributed by atoms with Gasteiger partial charge in [-0.25, -0.2) is 0 Å². The fraction of sp³-hybridized carbons (Fsp3) is 0.167. The van der Waals surface area contributed by atoms with Gasteiger partial charge in [-0.05, 0) is 5.56 Å². The molecule has 0 bridgehead atoms. The van der Waals surface area contributed by atoms with Crippen molar-refractivity contribution >= 4 is 21.4 Å². The summed E-state index contributed by atoms with van der Waals surface area (Å²) in [5.74, 6) is 0. The number of rotatable bonds is 3. The summed E-state index contributed by atoms with van der Waals surface area (Å²) >= 11 is 1.29. The first-order valence-electron chi connectivity index (χ1n) is 5.75. The molecule has 96 valence electrons. The quantitative estimate of drug-likeness (QED) is 0.775. The second-order valence-electron chi connectivity index (χ2n) is 3.97. The van der Waals surface area contributed by atoms with Gasteiger partial charge in [0.25, 0.3) is 5.56 Å². The van der Waals surface area contributed by atoms with Crippen LogP contribution in [0.3, 0.4) is 0 Å². The predicted octanol–water partition coefficient (Wildman–Crippen LogP) is 1.18. The van der Waals surface area contributed by atoms with Crippen molar-refractivity contribution in [2.24, 2.45) is 0 Å². The highest BCUT2D eigenvalue weighted by Crippen LogP contribution is 2.14. The third kappa shape index (κ3) is 2.19. The zero-order valence-electron chi connectivity index (χ0n) is 10.2. The van der Waals surface area contributed by atoms with E-state index in [1.54, 1.807) is 7.05 Å². The summed E-state index contributed by atoms with van der Waals surface area (Å²) in [5, 5.41) is 15.7. The van der Waals surface area contributed by atoms with Crippen LogP contribution in [0.15, 0.2) is 35.1 Å². The molecule has 0 fully saturated rings. The molecule has 0 aliphatic carbocycles. The summed E-state index contributed by atoms with van der Waals surface area (Å²) in [4.78, 5) is 12.7. The molecule has 2 heterocycles. The van der Waals surface area contributed by atoms with E-state index >= 15 is 0 Å². The molecular formula is C12H11N5OS. The van der Waals surface area contributed by atoms with Gasteiger partial charge in [0.05, 0.1) is 0 Å². The van der Waals surface area contributed by atoms with E-state index in [0.29, 0.717) is 22.2 Å². The monoisotopic (exact) mass is 273 g/mol. The van der Waals surface area contributed by atoms with Crippen LogP contribution in [0.1, 0.15) is 11.3 Å². The Balaban J connectivity index is 2.05. The Morgan fingerprint density at radius 1 is 1.26 bits per heavy atom. The van der Waals surface area contributed by atoms with Crippen molar-refractivity contribution in [2.45, 2.75) is 6.42 Å². The van der Waals surface area contributed by atoms with Crippen molar-refractivity contribution in [2.75, 3.05) is 12.4 Å². The average Bonchev–Trinajstić information content (AvgIpc) is 2.87. The summed E-state index contributed by atoms with van der Waals surface area (Å²) in [6.07, 6.45) is 0.460. The number of nitrogens with zero attached hydrogens (tertiary/aromatic N) is 4. The van der Waals surface area contributed by atoms with Gasteiger partial charge in [0, 0.05) is 13.5 Å². The lowest BCUT2D eigenvalue weighted by molar-refractivity contribution is 0.810. The molecule has 3 aromatic rings. The van der Waals surface area contributed by atoms with Crippen LogP contribution in [0, 0.1) is 0 Å². The highest BCUT2D eigenvalue weighted by molar-refractivity contribution is 7.20. The molecule has 2 aromatic heterocycles. The van der Waals surface area contributed by atoms with E-state index < -0.39 is 0 Å². The fourth-order valence-corrected chi connectivity index (χ4v) is 2.44. The van der Waals surface area contributed by atoms with Gasteiger partial charge in [0.2, 0.25) is 10.1 Å². The minimum absolute atomic E-state index is 0.216. The van der Waals surface area contributed by atoms with Crippen molar-refractivity contribution < 1.29 is 0 Å². The molecule has 6 nitrogen and oxygen atoms in total. The first-order chi connectivity index (χ1) is 9.28. The van der Waals surface area contributed by atoms with Gasteiger partial charge < -0.3 is 5.32 Å². The SMILES string of the molecule is CNc1nn2c(=O)c(Cc3ccccc3)nnc2s1. The lowest BCUT2D eigenvalue weighted by Gasteiger charge is -1.99. The first-order valence-corrected chi connectivity index (χ1v) is 6.56. The molecule has 1 N–H and O–H groups in total. The molecule has 0 saturated carbocycles. The number of benzene rings is 1. The number of nitrogens with one attached hydrogen (secondary N) is 1. The van der Waals surface area contributed by atoms with E-state index in [9.17, 15) is 4.79 Å². The molecule has 3 rings (SSSR count). The van der Waals surface area contributed by atoms with Gasteiger partial charge in [-0.2, -0.15) is 4.52 Å². The van der Waals surface area contributed by atoms with Crippen LogP contribution >= 0.6 is 11.3 Å². The molecule has 0 unspecified atom stereocenters. The van der Waals surface area contributed by atoms with Crippen molar-refractivity contribution in [3.8, 4) is 0 Å². The number of anilines is 1. The summed E-state index contributed by atoms with van der Waals surface area (Å²) in [5.41, 5.74) is 1.21. The molecule has 19 heavy (non-hydrogen) atoms. The standard InChI is InChI=1S/C12H11N5OS/c1-13-11-16-17-10(18)9(14-15-12(17)19-11)7-8-5-3-2-4-6-8/h2-6H,7H2,1H3,(H,13,16). The van der Waals surface area contributed by atoms with Crippen LogP contribution in [0.25, 0.3) is 4.96 Å². The Hall–Kier alpha value is -2.28. The van der Waals surface area contributed by atoms with Crippen LogP contribution in [0.4, 0.5) is 5.13 Å². The van der Waals surface area contributed by atoms with E-state index in [1.807, 2.05) is 30.3 Å². The largest absolute Gasteiger partial charge is 0.363 e. The Morgan fingerprint density at radius 2 is 2.05 bits per heavy atom. The third-order valence-electron chi connectivity index (χ3n) is 2.68. The van der Waals surface area contributed by atoms with Gasteiger partial charge in [0.15, 0.2) is 0 Å². The van der Waals surface area contributed by atoms with Crippen LogP contribution < -0.4 is 10.9 Å². The zero-order valence-corrected chi connectivity index (χ0v) is 11.0. The summed E-state index contributed by atoms with van der Waals surface area (Å²) in [7, 11) is 1.75. The number of aromatic nitrogens is 4. The molecular weight excluding hydrogens is 262 g/mol. The molecule has 0 aliphatic rings. The third-order valence-corrected chi connectivity index (χ3v) is 3.60. The van der Waals surface area contributed by atoms with E-state index in [0.717, 1.165) is 5.56 Å². The maximum Gasteiger partial charge on any atom is 0.297 e. The normalized spacial score (nSPS) is 10.8. The van der Waals surface area contributed by atoms with Crippen LogP contribution in [-0.2, 0) is 6.42 Å². The predicted molar refractivity (Wildman–Crippen MR) is 73.7 cm³/mol. The van der Waals surface area contributed by atoms with Gasteiger partial charge >= 0.3 is 0 Å². The molecule has 0 amide bonds. The van der Waals surface area contributed by atoms with Crippen molar-refractivity contribution in [1.82, 2.24) is 19.8 Å². The lowest BCUT2D eigenvalue weighted by Crippen LogP contribution is -2.22. The maximum atomic E-state index is 12.2. The number of fused-ring (bicyclic) bond motifs is 1. The van der Waals surface area contributed by atoms with Crippen molar-refractivity contribution in [3.05, 3.63) is 51.9 Å². The lowest BCUT2D eigenvalue weighted by atomic mass is 10.1. The zero-order chi connectivity index (χ0) is 13.2. The Labute approximate surface area is 112 Å². The fourth-order valence-electron chi connectivity index (χ4n) is 1.75. The summed E-state index contributed by atoms with van der Waals surface area (Å²) in [6.45, 7) is 0. The highest BCUT2D eigenvalue weighted by Gasteiger charge is 2.11. The van der Waals surface area contributed by atoms with Crippen LogP contribution in [0.2, 0.25) is 0 Å². The minimum atomic E-state index is -0.216. The molecule has 0 saturated heterocycles. The smallest absolute Gasteiger partial charge is 0.297 e. The maximum absolute atomic E-state index is 12.2. The van der Waals surface area contributed by atoms with E-state index in [-0.39, 0.29) is 5.56 Å². The first kappa shape index (κ1) is 11.8. The molecule has 0 atom stereocenters. The van der Waals surface area contributed by atoms with Gasteiger partial charge in [-0.1, -0.05) is 41.7 Å². The van der Waals surface area contributed by atoms with E-state index in [2.05, 4.69) is 20.6 Å². The average molecular weight is 273 g/mol. The molecule has 0 radical (unpaired) electrons. The van der Waals surface area contributed by atoms with Crippen LogP contribution in [0.5, 0.6) is 0 Å². The van der Waals surface area contributed by atoms with Crippen molar-refractivity contribution in [1.29, 1.82) is 0 Å². The minimum Gasteiger partial charge on any atom is -0.363 e. The summed E-state index contributed by atoms with van der Waals surface area (Å²) in [6, 6.07) is 9.71. The second-order valence-corrected chi connectivity index (χ2v) is 4.92. The van der Waals surface area contributed by atoms with Gasteiger partial charge in [-0.3, -0.25) is 4.79 Å². The summed E-state index contributed by atoms with van der Waals surface area (Å²) < 4.78 is 1.29. The molecule has 1 aromatic carbocycles. The second kappa shape index (κ2) is 4.77. The topological polar surface area (TPSA) is 72.2 Å². The molecule has 0 spiro atoms. The number of hydrogen-bond acceptors (Lipinski definition) is 6. The Bertz CT molecular complexity index is 765. The van der Waals surface area contributed by atoms with Gasteiger partial charge in [0.1, 0.15) is 5.69 Å².